The van der Waals surface area contributed by atoms with E-state index in [-0.39, 0.29) is 34.5 Å². The Morgan fingerprint density at radius 2 is 1.97 bits per heavy atom. The summed E-state index contributed by atoms with van der Waals surface area (Å²) in [5, 5.41) is 9.72. The molecule has 2 atom stereocenters. The van der Waals surface area contributed by atoms with E-state index in [0.29, 0.717) is 31.9 Å². The lowest BCUT2D eigenvalue weighted by molar-refractivity contribution is 0.0264. The Morgan fingerprint density at radius 1 is 1.17 bits per heavy atom. The number of hydrogen-bond donors (Lipinski definition) is 2. The summed E-state index contributed by atoms with van der Waals surface area (Å²) in [7, 11) is -3.88. The van der Waals surface area contributed by atoms with E-state index in [2.05, 4.69) is 19.0 Å². The summed E-state index contributed by atoms with van der Waals surface area (Å²) in [4.78, 5) is 19.1. The third kappa shape index (κ3) is 4.79. The van der Waals surface area contributed by atoms with Gasteiger partial charge in [-0.3, -0.25) is 9.62 Å². The average Bonchev–Trinajstić information content (AvgIpc) is 3.36. The van der Waals surface area contributed by atoms with Crippen molar-refractivity contribution in [2.75, 3.05) is 31.0 Å². The Labute approximate surface area is 205 Å². The van der Waals surface area contributed by atoms with E-state index in [1.807, 2.05) is 0 Å². The number of sulfonamides is 1. The van der Waals surface area contributed by atoms with Crippen molar-refractivity contribution in [1.82, 2.24) is 19.2 Å². The molecule has 3 aromatic rings. The monoisotopic (exact) mass is 519 g/mol. The van der Waals surface area contributed by atoms with E-state index >= 15 is 0 Å². The van der Waals surface area contributed by atoms with Crippen LogP contribution in [0, 0.1) is 5.82 Å². The van der Waals surface area contributed by atoms with Crippen LogP contribution in [0.25, 0.3) is 0 Å². The normalized spacial score (nSPS) is 20.7. The third-order valence-electron chi connectivity index (χ3n) is 6.23. The van der Waals surface area contributed by atoms with Gasteiger partial charge in [-0.25, -0.2) is 22.6 Å². The van der Waals surface area contributed by atoms with Gasteiger partial charge in [0.15, 0.2) is 0 Å². The molecule has 3 heterocycles. The minimum absolute atomic E-state index is 0.0397. The van der Waals surface area contributed by atoms with Gasteiger partial charge in [-0.2, -0.15) is 4.37 Å². The molecular formula is C22H22FN5O5S2. The Hall–Kier alpha value is -3.29. The number of carbonyl (C=O) groups is 1. The fourth-order valence-electron chi connectivity index (χ4n) is 4.58. The standard InChI is InChI=1S/C22H22FN5O5S2/c23-15-3-1-14(2-4-15)19-12-27(22(29)30)8-9-28(19)18-7-10-33-20-11-16(5-6-17(18)20)35(31,32)26-21-24-13-25-34-21/h1-6,11,13,18-19H,7-10,12H2,(H,29,30)(H,24,25,26)/t18-,19-/m0/s1. The van der Waals surface area contributed by atoms with E-state index in [0.717, 1.165) is 22.7 Å². The second-order valence-electron chi connectivity index (χ2n) is 8.24. The molecule has 0 radical (unpaired) electrons. The number of ether oxygens (including phenoxy) is 1. The molecule has 1 saturated heterocycles. The minimum Gasteiger partial charge on any atom is -0.493 e. The van der Waals surface area contributed by atoms with Gasteiger partial charge in [0.2, 0.25) is 5.13 Å². The molecule has 184 valence electrons. The van der Waals surface area contributed by atoms with Crippen molar-refractivity contribution in [3.8, 4) is 5.75 Å². The van der Waals surface area contributed by atoms with Crippen LogP contribution in [-0.2, 0) is 10.0 Å². The lowest BCUT2D eigenvalue weighted by Gasteiger charge is -2.46. The van der Waals surface area contributed by atoms with Crippen LogP contribution in [0.3, 0.4) is 0 Å². The van der Waals surface area contributed by atoms with Crippen molar-refractivity contribution in [2.45, 2.75) is 23.4 Å². The van der Waals surface area contributed by atoms with Crippen molar-refractivity contribution in [1.29, 1.82) is 0 Å². The van der Waals surface area contributed by atoms with Crippen LogP contribution < -0.4 is 9.46 Å². The highest BCUT2D eigenvalue weighted by Crippen LogP contribution is 2.42. The maximum atomic E-state index is 13.6. The maximum Gasteiger partial charge on any atom is 0.407 e. The lowest BCUT2D eigenvalue weighted by Crippen LogP contribution is -2.51. The largest absolute Gasteiger partial charge is 0.493 e. The van der Waals surface area contributed by atoms with Crippen molar-refractivity contribution in [2.24, 2.45) is 0 Å². The van der Waals surface area contributed by atoms with Crippen molar-refractivity contribution in [3.63, 3.8) is 0 Å². The van der Waals surface area contributed by atoms with Gasteiger partial charge in [0.05, 0.1) is 17.5 Å². The lowest BCUT2D eigenvalue weighted by atomic mass is 9.93. The Kier molecular flexibility index (Phi) is 6.30. The molecule has 1 aromatic heterocycles. The number of hydrogen-bond acceptors (Lipinski definition) is 8. The second kappa shape index (κ2) is 9.40. The molecule has 1 amide bonds. The highest BCUT2D eigenvalue weighted by molar-refractivity contribution is 7.93. The SMILES string of the molecule is O=C(O)N1CCN([C@H]2CCOc3cc(S(=O)(=O)Nc4ncns4)ccc32)[C@H](c2ccc(F)cc2)C1. The molecule has 5 rings (SSSR count). The van der Waals surface area contributed by atoms with E-state index in [4.69, 9.17) is 4.74 Å². The first kappa shape index (κ1) is 23.5. The first-order chi connectivity index (χ1) is 16.8. The van der Waals surface area contributed by atoms with E-state index in [1.54, 1.807) is 18.2 Å². The summed E-state index contributed by atoms with van der Waals surface area (Å²) in [6.07, 6.45) is 0.916. The fraction of sp³-hybridized carbons (Fsp3) is 0.318. The molecule has 2 aliphatic rings. The number of rotatable bonds is 5. The zero-order valence-corrected chi connectivity index (χ0v) is 20.0. The summed E-state index contributed by atoms with van der Waals surface area (Å²) in [6, 6.07) is 10.4. The number of benzene rings is 2. The molecule has 0 saturated carbocycles. The second-order valence-corrected chi connectivity index (χ2v) is 10.7. The van der Waals surface area contributed by atoms with Crippen LogP contribution in [0.15, 0.2) is 53.7 Å². The zero-order chi connectivity index (χ0) is 24.6. The third-order valence-corrected chi connectivity index (χ3v) is 8.28. The topological polar surface area (TPSA) is 125 Å². The zero-order valence-electron chi connectivity index (χ0n) is 18.4. The molecule has 10 nitrogen and oxygen atoms in total. The summed E-state index contributed by atoms with van der Waals surface area (Å²) < 4.78 is 51.2. The number of halogens is 1. The first-order valence-electron chi connectivity index (χ1n) is 10.9. The molecule has 2 N–H and O–H groups in total. The fourth-order valence-corrected chi connectivity index (χ4v) is 6.26. The molecule has 2 aromatic carbocycles. The van der Waals surface area contributed by atoms with Gasteiger partial charge in [0.1, 0.15) is 17.9 Å². The van der Waals surface area contributed by atoms with E-state index in [9.17, 15) is 22.7 Å². The van der Waals surface area contributed by atoms with Crippen LogP contribution >= 0.6 is 11.5 Å². The number of nitrogens with one attached hydrogen (secondary N) is 1. The molecule has 0 unspecified atom stereocenters. The predicted octanol–water partition coefficient (Wildman–Crippen LogP) is 3.34. The van der Waals surface area contributed by atoms with Crippen LogP contribution in [0.4, 0.5) is 14.3 Å². The van der Waals surface area contributed by atoms with Crippen LogP contribution in [0.2, 0.25) is 0 Å². The van der Waals surface area contributed by atoms with Crippen molar-refractivity contribution >= 4 is 32.8 Å². The van der Waals surface area contributed by atoms with E-state index in [1.165, 1.54) is 35.5 Å². The number of nitrogens with zero attached hydrogens (tertiary/aromatic N) is 4. The summed E-state index contributed by atoms with van der Waals surface area (Å²) in [5.41, 5.74) is 1.63. The number of piperazine rings is 1. The first-order valence-corrected chi connectivity index (χ1v) is 13.1. The van der Waals surface area contributed by atoms with Crippen LogP contribution in [0.1, 0.15) is 29.6 Å². The number of amides is 1. The van der Waals surface area contributed by atoms with Gasteiger partial charge in [0.25, 0.3) is 10.0 Å². The molecule has 0 bridgehead atoms. The number of carboxylic acid groups (broad SMARTS) is 1. The van der Waals surface area contributed by atoms with Gasteiger partial charge in [-0.05, 0) is 23.8 Å². The van der Waals surface area contributed by atoms with E-state index < -0.39 is 16.1 Å². The number of aromatic nitrogens is 2. The van der Waals surface area contributed by atoms with Gasteiger partial charge >= 0.3 is 6.09 Å². The maximum absolute atomic E-state index is 13.6. The highest BCUT2D eigenvalue weighted by Gasteiger charge is 2.38. The van der Waals surface area contributed by atoms with Crippen LogP contribution in [-0.4, -0.2) is 65.0 Å². The average molecular weight is 520 g/mol. The Bertz CT molecular complexity index is 1320. The predicted molar refractivity (Wildman–Crippen MR) is 125 cm³/mol. The number of anilines is 1. The Balaban J connectivity index is 1.46. The quantitative estimate of drug-likeness (QED) is 0.526. The van der Waals surface area contributed by atoms with Crippen molar-refractivity contribution in [3.05, 3.63) is 65.7 Å². The molecule has 35 heavy (non-hydrogen) atoms. The summed E-state index contributed by atoms with van der Waals surface area (Å²) >= 11 is 0.935. The molecule has 1 fully saturated rings. The van der Waals surface area contributed by atoms with Crippen molar-refractivity contribution < 1.29 is 27.4 Å². The highest BCUT2D eigenvalue weighted by atomic mass is 32.2. The molecule has 2 aliphatic heterocycles. The molecule has 0 aliphatic carbocycles. The van der Waals surface area contributed by atoms with Gasteiger partial charge in [0, 0.05) is 55.3 Å². The van der Waals surface area contributed by atoms with Gasteiger partial charge < -0.3 is 14.7 Å². The summed E-state index contributed by atoms with van der Waals surface area (Å²) in [5.74, 6) is 0.0957. The smallest absolute Gasteiger partial charge is 0.407 e. The number of fused-ring (bicyclic) bond motifs is 1. The summed E-state index contributed by atoms with van der Waals surface area (Å²) in [6.45, 7) is 1.42. The molecule has 13 heteroatoms. The van der Waals surface area contributed by atoms with Gasteiger partial charge in [-0.15, -0.1) is 0 Å². The van der Waals surface area contributed by atoms with Gasteiger partial charge in [-0.1, -0.05) is 18.2 Å². The molecular weight excluding hydrogens is 497 g/mol. The minimum atomic E-state index is -3.88. The molecule has 0 spiro atoms. The van der Waals surface area contributed by atoms with Crippen LogP contribution in [0.5, 0.6) is 5.75 Å². The Morgan fingerprint density at radius 3 is 2.69 bits per heavy atom.